The van der Waals surface area contributed by atoms with E-state index in [0.29, 0.717) is 11.6 Å². The van der Waals surface area contributed by atoms with Gasteiger partial charge in [-0.05, 0) is 18.6 Å². The fraction of sp³-hybridized carbons (Fsp3) is 0.348. The quantitative estimate of drug-likeness (QED) is 0.370. The van der Waals surface area contributed by atoms with Gasteiger partial charge in [-0.1, -0.05) is 32.0 Å². The number of amides is 1. The molecule has 0 aliphatic carbocycles. The minimum absolute atomic E-state index is 0.0561. The van der Waals surface area contributed by atoms with Crippen LogP contribution in [0.5, 0.6) is 0 Å². The molecule has 2 N–H and O–H groups in total. The van der Waals surface area contributed by atoms with E-state index in [4.69, 9.17) is 4.52 Å². The lowest BCUT2D eigenvalue weighted by Gasteiger charge is -2.19. The highest BCUT2D eigenvalue weighted by atomic mass is 19.3. The molecule has 1 amide bonds. The zero-order valence-corrected chi connectivity index (χ0v) is 20.6. The highest BCUT2D eigenvalue weighted by Crippen LogP contribution is 2.35. The summed E-state index contributed by atoms with van der Waals surface area (Å²) in [5, 5.41) is 13.2. The Hall–Kier alpha value is -4.36. The van der Waals surface area contributed by atoms with Gasteiger partial charge in [-0.25, -0.2) is 23.1 Å². The topological polar surface area (TPSA) is 137 Å². The van der Waals surface area contributed by atoms with Crippen molar-refractivity contribution in [3.05, 3.63) is 59.4 Å². The van der Waals surface area contributed by atoms with Crippen LogP contribution in [0, 0.1) is 5.82 Å². The number of anilines is 2. The molecule has 11 nitrogen and oxygen atoms in total. The van der Waals surface area contributed by atoms with Gasteiger partial charge in [0.05, 0.1) is 17.2 Å². The van der Waals surface area contributed by atoms with Gasteiger partial charge in [0.2, 0.25) is 5.95 Å². The summed E-state index contributed by atoms with van der Waals surface area (Å²) in [6.07, 6.45) is -0.361. The van der Waals surface area contributed by atoms with Gasteiger partial charge in [0, 0.05) is 24.7 Å². The molecule has 0 bridgehead atoms. The van der Waals surface area contributed by atoms with E-state index in [9.17, 15) is 13.6 Å². The average Bonchev–Trinajstić information content (AvgIpc) is 3.48. The first kappa shape index (κ1) is 25.7. The Bertz CT molecular complexity index is 1430. The third-order valence-corrected chi connectivity index (χ3v) is 5.30. The first-order chi connectivity index (χ1) is 17.4. The van der Waals surface area contributed by atoms with Gasteiger partial charge in [0.1, 0.15) is 12.1 Å². The summed E-state index contributed by atoms with van der Waals surface area (Å²) in [4.78, 5) is 28.7. The van der Waals surface area contributed by atoms with Crippen LogP contribution in [0.3, 0.4) is 0 Å². The SMILES string of the molecule is CC(NC(=O)c1nc(C(C)(C)C)no1)c1ccc(-c2ncnc(Nc3ccn(C)n3)n2)c(F)c1C(F)F. The second kappa shape index (κ2) is 9.95. The van der Waals surface area contributed by atoms with Crippen molar-refractivity contribution in [3.8, 4) is 11.4 Å². The van der Waals surface area contributed by atoms with Gasteiger partial charge in [-0.2, -0.15) is 15.1 Å². The number of rotatable bonds is 7. The molecular weight excluding hydrogens is 491 g/mol. The van der Waals surface area contributed by atoms with E-state index in [1.54, 1.807) is 24.0 Å². The first-order valence-corrected chi connectivity index (χ1v) is 11.2. The summed E-state index contributed by atoms with van der Waals surface area (Å²) < 4.78 is 50.0. The normalized spacial score (nSPS) is 12.6. The van der Waals surface area contributed by atoms with Crippen LogP contribution in [-0.2, 0) is 12.5 Å². The largest absolute Gasteiger partial charge is 0.341 e. The van der Waals surface area contributed by atoms with Crippen molar-refractivity contribution in [2.24, 2.45) is 7.05 Å². The molecule has 0 saturated heterocycles. The van der Waals surface area contributed by atoms with E-state index >= 15 is 4.39 Å². The Morgan fingerprint density at radius 3 is 2.51 bits per heavy atom. The summed E-state index contributed by atoms with van der Waals surface area (Å²) in [5.74, 6) is -1.67. The molecule has 1 unspecified atom stereocenters. The Balaban J connectivity index is 1.61. The molecule has 4 rings (SSSR count). The second-order valence-corrected chi connectivity index (χ2v) is 9.23. The minimum Gasteiger partial charge on any atom is -0.341 e. The molecular formula is C23H24F3N9O2. The molecule has 0 aliphatic rings. The molecule has 194 valence electrons. The average molecular weight is 516 g/mol. The highest BCUT2D eigenvalue weighted by Gasteiger charge is 2.29. The summed E-state index contributed by atoms with van der Waals surface area (Å²) >= 11 is 0. The van der Waals surface area contributed by atoms with Crippen LogP contribution in [-0.4, -0.2) is 40.8 Å². The van der Waals surface area contributed by atoms with Gasteiger partial charge in [0.15, 0.2) is 17.5 Å². The van der Waals surface area contributed by atoms with E-state index < -0.39 is 35.2 Å². The molecule has 37 heavy (non-hydrogen) atoms. The molecule has 0 fully saturated rings. The van der Waals surface area contributed by atoms with Crippen LogP contribution < -0.4 is 10.6 Å². The third kappa shape index (κ3) is 5.57. The lowest BCUT2D eigenvalue weighted by molar-refractivity contribution is 0.0892. The summed E-state index contributed by atoms with van der Waals surface area (Å²) in [5.41, 5.74) is -1.72. The molecule has 0 aliphatic heterocycles. The van der Waals surface area contributed by atoms with E-state index in [2.05, 4.69) is 40.8 Å². The molecule has 1 aromatic carbocycles. The number of carbonyl (C=O) groups excluding carboxylic acids is 1. The molecule has 4 aromatic rings. The van der Waals surface area contributed by atoms with Crippen molar-refractivity contribution in [1.82, 2.24) is 40.2 Å². The van der Waals surface area contributed by atoms with Crippen LogP contribution in [0.1, 0.15) is 67.8 Å². The standard InChI is InChI=1S/C23H24F3N9O2/c1-11(29-19(36)20-32-21(34-37-20)23(2,3)4)12-6-7-13(16(24)15(12)17(25)26)18-27-10-28-22(31-18)30-14-8-9-35(5)33-14/h6-11,17H,1-5H3,(H,29,36)(H,27,28,30,31,33). The molecule has 0 saturated carbocycles. The Morgan fingerprint density at radius 1 is 1.14 bits per heavy atom. The Labute approximate surface area is 209 Å². The molecule has 3 heterocycles. The number of hydrogen-bond donors (Lipinski definition) is 2. The van der Waals surface area contributed by atoms with E-state index in [0.717, 1.165) is 6.33 Å². The summed E-state index contributed by atoms with van der Waals surface area (Å²) in [7, 11) is 1.72. The number of aryl methyl sites for hydroxylation is 1. The van der Waals surface area contributed by atoms with E-state index in [-0.39, 0.29) is 28.8 Å². The van der Waals surface area contributed by atoms with Crippen molar-refractivity contribution in [2.45, 2.75) is 45.6 Å². The smallest absolute Gasteiger partial charge is 0.315 e. The fourth-order valence-corrected chi connectivity index (χ4v) is 3.42. The maximum atomic E-state index is 15.4. The Morgan fingerprint density at radius 2 is 1.89 bits per heavy atom. The molecule has 3 aromatic heterocycles. The van der Waals surface area contributed by atoms with E-state index in [1.165, 1.54) is 19.1 Å². The summed E-state index contributed by atoms with van der Waals surface area (Å²) in [6, 6.07) is 3.21. The second-order valence-electron chi connectivity index (χ2n) is 9.23. The van der Waals surface area contributed by atoms with Crippen molar-refractivity contribution in [3.63, 3.8) is 0 Å². The lowest BCUT2D eigenvalue weighted by Crippen LogP contribution is -2.28. The number of nitrogens with zero attached hydrogens (tertiary/aromatic N) is 7. The van der Waals surface area contributed by atoms with Crippen molar-refractivity contribution in [1.29, 1.82) is 0 Å². The molecule has 1 atom stereocenters. The molecule has 14 heteroatoms. The van der Waals surface area contributed by atoms with Crippen LogP contribution in [0.4, 0.5) is 24.9 Å². The van der Waals surface area contributed by atoms with E-state index in [1.807, 2.05) is 20.8 Å². The van der Waals surface area contributed by atoms with Gasteiger partial charge < -0.3 is 15.2 Å². The number of nitrogens with one attached hydrogen (secondary N) is 2. The first-order valence-electron chi connectivity index (χ1n) is 11.2. The van der Waals surface area contributed by atoms with Crippen LogP contribution >= 0.6 is 0 Å². The van der Waals surface area contributed by atoms with Gasteiger partial charge in [0.25, 0.3) is 6.43 Å². The number of benzene rings is 1. The van der Waals surface area contributed by atoms with Crippen molar-refractivity contribution < 1.29 is 22.5 Å². The van der Waals surface area contributed by atoms with Crippen LogP contribution in [0.15, 0.2) is 35.2 Å². The molecule has 0 spiro atoms. The van der Waals surface area contributed by atoms with Crippen LogP contribution in [0.2, 0.25) is 0 Å². The van der Waals surface area contributed by atoms with Crippen LogP contribution in [0.25, 0.3) is 11.4 Å². The number of aromatic nitrogens is 7. The number of hydrogen-bond acceptors (Lipinski definition) is 9. The number of carbonyl (C=O) groups is 1. The maximum Gasteiger partial charge on any atom is 0.315 e. The highest BCUT2D eigenvalue weighted by molar-refractivity contribution is 5.89. The Kier molecular flexibility index (Phi) is 6.92. The lowest BCUT2D eigenvalue weighted by atomic mass is 9.96. The van der Waals surface area contributed by atoms with Gasteiger partial charge in [-0.3, -0.25) is 9.48 Å². The van der Waals surface area contributed by atoms with Gasteiger partial charge >= 0.3 is 11.8 Å². The van der Waals surface area contributed by atoms with Gasteiger partial charge in [-0.15, -0.1) is 0 Å². The molecule has 0 radical (unpaired) electrons. The number of alkyl halides is 2. The summed E-state index contributed by atoms with van der Waals surface area (Å²) in [6.45, 7) is 6.96. The maximum absolute atomic E-state index is 15.4. The fourth-order valence-electron chi connectivity index (χ4n) is 3.42. The zero-order chi connectivity index (χ0) is 26.9. The number of halogens is 3. The zero-order valence-electron chi connectivity index (χ0n) is 20.6. The monoisotopic (exact) mass is 515 g/mol. The predicted octanol–water partition coefficient (Wildman–Crippen LogP) is 4.26. The van der Waals surface area contributed by atoms with Crippen molar-refractivity contribution >= 4 is 17.7 Å². The minimum atomic E-state index is -3.18. The third-order valence-electron chi connectivity index (χ3n) is 5.30. The van der Waals surface area contributed by atoms with Crippen molar-refractivity contribution in [2.75, 3.05) is 5.32 Å². The predicted molar refractivity (Wildman–Crippen MR) is 126 cm³/mol.